The average Bonchev–Trinajstić information content (AvgIpc) is 2.49. The van der Waals surface area contributed by atoms with Crippen LogP contribution in [0.1, 0.15) is 86.0 Å². The summed E-state index contributed by atoms with van der Waals surface area (Å²) in [5.41, 5.74) is 0. The van der Waals surface area contributed by atoms with Crippen LogP contribution in [0.25, 0.3) is 0 Å². The number of aliphatic hydroxyl groups is 1. The predicted octanol–water partition coefficient (Wildman–Crippen LogP) is 5.97. The maximum Gasteiger partial charge on any atom is 0.0594 e. The molecule has 0 aromatic heterocycles. The second kappa shape index (κ2) is 12.4. The number of hydrogen-bond acceptors (Lipinski definition) is 1. The van der Waals surface area contributed by atoms with Crippen LogP contribution in [0.4, 0.5) is 0 Å². The van der Waals surface area contributed by atoms with Crippen molar-refractivity contribution in [3.05, 3.63) is 12.2 Å². The van der Waals surface area contributed by atoms with Gasteiger partial charge in [-0.15, -0.1) is 0 Å². The minimum Gasteiger partial charge on any atom is -0.393 e. The van der Waals surface area contributed by atoms with E-state index in [4.69, 9.17) is 0 Å². The molecule has 1 N–H and O–H groups in total. The second-order valence-corrected chi connectivity index (χ2v) is 6.30. The minimum absolute atomic E-state index is 0.138. The molecule has 0 aromatic rings. The summed E-state index contributed by atoms with van der Waals surface area (Å²) in [6.07, 6.45) is 14.9. The van der Waals surface area contributed by atoms with E-state index in [1.54, 1.807) is 0 Å². The van der Waals surface area contributed by atoms with Gasteiger partial charge in [0.05, 0.1) is 6.10 Å². The Balaban J connectivity index is 0.00000172. The highest BCUT2D eigenvalue weighted by atomic mass is 16.3. The highest BCUT2D eigenvalue weighted by molar-refractivity contribution is 4.91. The van der Waals surface area contributed by atoms with E-state index in [-0.39, 0.29) is 6.10 Å². The summed E-state index contributed by atoms with van der Waals surface area (Å²) < 4.78 is 0. The largest absolute Gasteiger partial charge is 0.393 e. The first kappa shape index (κ1) is 19.7. The highest BCUT2D eigenvalue weighted by Crippen LogP contribution is 2.26. The van der Waals surface area contributed by atoms with E-state index in [1.165, 1.54) is 38.5 Å². The Labute approximate surface area is 127 Å². The van der Waals surface area contributed by atoms with Crippen molar-refractivity contribution in [3.8, 4) is 0 Å². The first-order chi connectivity index (χ1) is 9.65. The summed E-state index contributed by atoms with van der Waals surface area (Å²) >= 11 is 0. The van der Waals surface area contributed by atoms with Crippen molar-refractivity contribution in [2.45, 2.75) is 92.1 Å². The van der Waals surface area contributed by atoms with Gasteiger partial charge in [0.2, 0.25) is 0 Å². The van der Waals surface area contributed by atoms with Gasteiger partial charge in [0.25, 0.3) is 0 Å². The van der Waals surface area contributed by atoms with Gasteiger partial charge in [-0.2, -0.15) is 0 Å². The zero-order valence-corrected chi connectivity index (χ0v) is 14.6. The van der Waals surface area contributed by atoms with Crippen molar-refractivity contribution < 1.29 is 5.11 Å². The predicted molar refractivity (Wildman–Crippen MR) is 90.9 cm³/mol. The Morgan fingerprint density at radius 1 is 1.05 bits per heavy atom. The molecule has 3 unspecified atom stereocenters. The van der Waals surface area contributed by atoms with E-state index in [0.717, 1.165) is 18.8 Å². The van der Waals surface area contributed by atoms with E-state index < -0.39 is 0 Å². The lowest BCUT2D eigenvalue weighted by Crippen LogP contribution is -2.25. The van der Waals surface area contributed by atoms with Gasteiger partial charge in [0, 0.05) is 0 Å². The van der Waals surface area contributed by atoms with Gasteiger partial charge in [-0.25, -0.2) is 0 Å². The van der Waals surface area contributed by atoms with E-state index in [9.17, 15) is 5.11 Å². The molecule has 20 heavy (non-hydrogen) atoms. The Morgan fingerprint density at radius 2 is 1.65 bits per heavy atom. The molecule has 120 valence electrons. The van der Waals surface area contributed by atoms with Crippen LogP contribution < -0.4 is 0 Å². The summed E-state index contributed by atoms with van der Waals surface area (Å²) in [5, 5.41) is 10.2. The lowest BCUT2D eigenvalue weighted by Gasteiger charge is -2.24. The smallest absolute Gasteiger partial charge is 0.0594 e. The third-order valence-corrected chi connectivity index (χ3v) is 4.48. The minimum atomic E-state index is -0.138. The molecule has 0 spiro atoms. The van der Waals surface area contributed by atoms with Gasteiger partial charge in [-0.1, -0.05) is 72.5 Å². The third-order valence-electron chi connectivity index (χ3n) is 4.48. The van der Waals surface area contributed by atoms with Crippen molar-refractivity contribution >= 4 is 0 Å². The molecule has 1 rings (SSSR count). The Morgan fingerprint density at radius 3 is 2.20 bits per heavy atom. The molecular weight excluding hydrogens is 244 g/mol. The molecule has 0 amide bonds. The van der Waals surface area contributed by atoms with E-state index in [0.29, 0.717) is 11.8 Å². The number of hydrogen-bond donors (Lipinski definition) is 1. The van der Waals surface area contributed by atoms with Crippen molar-refractivity contribution in [2.24, 2.45) is 17.8 Å². The SMILES string of the molecule is CC.CCCC(C)C(O)C(C)C/C=C/C1CCCCC1. The molecule has 0 aliphatic heterocycles. The van der Waals surface area contributed by atoms with Crippen molar-refractivity contribution in [1.82, 2.24) is 0 Å². The molecule has 0 saturated heterocycles. The highest BCUT2D eigenvalue weighted by Gasteiger charge is 2.19. The summed E-state index contributed by atoms with van der Waals surface area (Å²) in [4.78, 5) is 0. The first-order valence-corrected chi connectivity index (χ1v) is 8.99. The van der Waals surface area contributed by atoms with Gasteiger partial charge in [-0.05, 0) is 43.4 Å². The average molecular weight is 283 g/mol. The van der Waals surface area contributed by atoms with Gasteiger partial charge < -0.3 is 5.11 Å². The molecule has 0 heterocycles. The van der Waals surface area contributed by atoms with Crippen molar-refractivity contribution in [2.75, 3.05) is 0 Å². The monoisotopic (exact) mass is 282 g/mol. The van der Waals surface area contributed by atoms with Gasteiger partial charge in [0.1, 0.15) is 0 Å². The molecule has 1 heteroatoms. The van der Waals surface area contributed by atoms with Gasteiger partial charge >= 0.3 is 0 Å². The number of rotatable bonds is 7. The van der Waals surface area contributed by atoms with Crippen LogP contribution in [0.5, 0.6) is 0 Å². The summed E-state index contributed by atoms with van der Waals surface area (Å²) in [6, 6.07) is 0. The Hall–Kier alpha value is -0.300. The molecule has 0 radical (unpaired) electrons. The number of aliphatic hydroxyl groups excluding tert-OH is 1. The van der Waals surface area contributed by atoms with Crippen LogP contribution in [0.15, 0.2) is 12.2 Å². The normalized spacial score (nSPS) is 21.1. The molecule has 3 atom stereocenters. The fourth-order valence-electron chi connectivity index (χ4n) is 3.14. The third kappa shape index (κ3) is 8.09. The molecule has 1 aliphatic carbocycles. The van der Waals surface area contributed by atoms with Crippen LogP contribution in [0, 0.1) is 17.8 Å². The fourth-order valence-corrected chi connectivity index (χ4v) is 3.14. The quantitative estimate of drug-likeness (QED) is 0.570. The molecule has 0 aromatic carbocycles. The van der Waals surface area contributed by atoms with Crippen LogP contribution >= 0.6 is 0 Å². The first-order valence-electron chi connectivity index (χ1n) is 8.99. The Bertz CT molecular complexity index is 228. The lowest BCUT2D eigenvalue weighted by molar-refractivity contribution is 0.0619. The topological polar surface area (TPSA) is 20.2 Å². The lowest BCUT2D eigenvalue weighted by atomic mass is 9.86. The number of allylic oxidation sites excluding steroid dienone is 2. The van der Waals surface area contributed by atoms with E-state index >= 15 is 0 Å². The zero-order valence-electron chi connectivity index (χ0n) is 14.6. The summed E-state index contributed by atoms with van der Waals surface area (Å²) in [6.45, 7) is 10.6. The summed E-state index contributed by atoms with van der Waals surface area (Å²) in [7, 11) is 0. The van der Waals surface area contributed by atoms with Crippen LogP contribution in [-0.4, -0.2) is 11.2 Å². The van der Waals surface area contributed by atoms with Crippen LogP contribution in [0.2, 0.25) is 0 Å². The van der Waals surface area contributed by atoms with Crippen molar-refractivity contribution in [1.29, 1.82) is 0 Å². The van der Waals surface area contributed by atoms with E-state index in [2.05, 4.69) is 32.9 Å². The van der Waals surface area contributed by atoms with Crippen LogP contribution in [0.3, 0.4) is 0 Å². The molecule has 1 aliphatic rings. The molecule has 1 saturated carbocycles. The molecule has 0 bridgehead atoms. The molecule has 1 nitrogen and oxygen atoms in total. The fraction of sp³-hybridized carbons (Fsp3) is 0.895. The molecular formula is C19H38O. The van der Waals surface area contributed by atoms with Crippen LogP contribution in [-0.2, 0) is 0 Å². The maximum absolute atomic E-state index is 10.2. The van der Waals surface area contributed by atoms with E-state index in [1.807, 2.05) is 13.8 Å². The Kier molecular flexibility index (Phi) is 12.3. The maximum atomic E-state index is 10.2. The molecule has 1 fully saturated rings. The standard InChI is InChI=1S/C17H32O.C2H6/c1-4-9-14(2)17(18)15(3)10-8-13-16-11-6-5-7-12-16;1-2/h8,13-18H,4-7,9-12H2,1-3H3;1-2H3/b13-8+;. The second-order valence-electron chi connectivity index (χ2n) is 6.30. The summed E-state index contributed by atoms with van der Waals surface area (Å²) in [5.74, 6) is 1.65. The van der Waals surface area contributed by atoms with Crippen molar-refractivity contribution in [3.63, 3.8) is 0 Å². The van der Waals surface area contributed by atoms with Gasteiger partial charge in [-0.3, -0.25) is 0 Å². The zero-order chi connectivity index (χ0) is 15.4. The van der Waals surface area contributed by atoms with Gasteiger partial charge in [0.15, 0.2) is 0 Å².